The van der Waals surface area contributed by atoms with E-state index in [1.165, 1.54) is 5.82 Å². The molecule has 45 heavy (non-hydrogen) atoms. The van der Waals surface area contributed by atoms with Gasteiger partial charge in [-0.05, 0) is 68.8 Å². The Morgan fingerprint density at radius 1 is 1.02 bits per heavy atom. The summed E-state index contributed by atoms with van der Waals surface area (Å²) in [6, 6.07) is 19.1. The Balaban J connectivity index is 1.35. The van der Waals surface area contributed by atoms with Gasteiger partial charge in [0.1, 0.15) is 18.1 Å². The maximum absolute atomic E-state index is 13.1. The number of hydrogen-bond donors (Lipinski definition) is 0. The van der Waals surface area contributed by atoms with E-state index >= 15 is 0 Å². The molecule has 3 aromatic heterocycles. The minimum absolute atomic E-state index is 0.200. The number of para-hydroxylation sites is 1. The highest BCUT2D eigenvalue weighted by molar-refractivity contribution is 7.57. The average Bonchev–Trinajstić information content (AvgIpc) is 3.80. The number of ether oxygens (including phenoxy) is 2. The second kappa shape index (κ2) is 14.5. The molecule has 0 aliphatic heterocycles. The fourth-order valence-corrected chi connectivity index (χ4v) is 5.96. The summed E-state index contributed by atoms with van der Waals surface area (Å²) in [5.74, 6) is 4.94. The van der Waals surface area contributed by atoms with Gasteiger partial charge in [0.05, 0.1) is 32.3 Å². The highest BCUT2D eigenvalue weighted by Crippen LogP contribution is 2.50. The van der Waals surface area contributed by atoms with Crippen LogP contribution in [0, 0.1) is 6.92 Å². The molecular formula is C33H37N4O7P. The molecule has 0 amide bonds. The van der Waals surface area contributed by atoms with Gasteiger partial charge in [-0.1, -0.05) is 24.3 Å². The third kappa shape index (κ3) is 7.75. The molecule has 0 bridgehead atoms. The maximum atomic E-state index is 13.1. The number of hydrogen-bond acceptors (Lipinski definition) is 10. The van der Waals surface area contributed by atoms with Crippen LogP contribution in [0.25, 0.3) is 23.4 Å². The first-order valence-electron chi connectivity index (χ1n) is 14.6. The molecule has 11 nitrogen and oxygen atoms in total. The zero-order valence-electron chi connectivity index (χ0n) is 26.0. The summed E-state index contributed by atoms with van der Waals surface area (Å²) in [7, 11) is 0.142. The number of anilines is 1. The van der Waals surface area contributed by atoms with Gasteiger partial charge in [0.15, 0.2) is 23.1 Å². The quantitative estimate of drug-likeness (QED) is 0.106. The molecule has 236 valence electrons. The number of benzene rings is 2. The summed E-state index contributed by atoms with van der Waals surface area (Å²) in [4.78, 5) is 6.52. The van der Waals surface area contributed by atoms with Crippen molar-refractivity contribution >= 4 is 19.5 Å². The van der Waals surface area contributed by atoms with Crippen LogP contribution >= 0.6 is 7.60 Å². The molecule has 0 spiro atoms. The van der Waals surface area contributed by atoms with Gasteiger partial charge in [-0.25, -0.2) is 9.67 Å². The Hall–Kier alpha value is -4.57. The molecule has 0 aliphatic rings. The molecule has 3 heterocycles. The summed E-state index contributed by atoms with van der Waals surface area (Å²) >= 11 is 0. The van der Waals surface area contributed by atoms with Crippen molar-refractivity contribution in [3.63, 3.8) is 0 Å². The van der Waals surface area contributed by atoms with Crippen LogP contribution in [0.1, 0.15) is 36.4 Å². The van der Waals surface area contributed by atoms with Crippen LogP contribution in [0.15, 0.2) is 87.8 Å². The van der Waals surface area contributed by atoms with E-state index in [1.807, 2.05) is 73.6 Å². The first kappa shape index (κ1) is 31.8. The Bertz CT molecular complexity index is 1750. The van der Waals surface area contributed by atoms with Crippen LogP contribution in [0.4, 0.5) is 5.82 Å². The number of rotatable bonds is 15. The molecule has 0 atom stereocenters. The normalized spacial score (nSPS) is 11.8. The molecule has 0 aliphatic carbocycles. The van der Waals surface area contributed by atoms with Gasteiger partial charge in [-0.2, -0.15) is 0 Å². The first-order valence-corrected chi connectivity index (χ1v) is 16.2. The minimum atomic E-state index is -3.41. The standard InChI is InChI=1S/C33H37N4O7P/c1-6-42-45(38,43-7-2)19-17-26-22-37(27-12-9-8-10-13-27)35-32(26)36(4)21-25-15-16-29(31(20-25)39-5)41-23-28-24(3)44-33(34-28)30-14-11-18-40-30/h8-20,22H,6-7,21,23H2,1-5H3/b19-17+. The number of nitrogens with zero attached hydrogens (tertiary/aromatic N) is 4. The summed E-state index contributed by atoms with van der Waals surface area (Å²) in [6.07, 6.45) is 5.20. The summed E-state index contributed by atoms with van der Waals surface area (Å²) in [5, 5.41) is 4.86. The molecule has 0 fully saturated rings. The Labute approximate surface area is 262 Å². The summed E-state index contributed by atoms with van der Waals surface area (Å²) in [5.41, 5.74) is 3.29. The SMILES string of the molecule is CCOP(=O)(/C=C/c1cn(-c2ccccc2)nc1N(C)Cc1ccc(OCc2nc(-c3ccco3)oc2C)c(OC)c1)OCC. The second-order valence-corrected chi connectivity index (χ2v) is 11.9. The molecule has 0 saturated heterocycles. The number of furan rings is 1. The summed E-state index contributed by atoms with van der Waals surface area (Å²) < 4.78 is 48.7. The van der Waals surface area contributed by atoms with E-state index < -0.39 is 7.60 Å². The minimum Gasteiger partial charge on any atom is -0.493 e. The third-order valence-corrected chi connectivity index (χ3v) is 8.55. The van der Waals surface area contributed by atoms with E-state index in [0.29, 0.717) is 47.0 Å². The van der Waals surface area contributed by atoms with E-state index in [0.717, 1.165) is 16.8 Å². The maximum Gasteiger partial charge on any atom is 0.354 e. The fraction of sp³-hybridized carbons (Fsp3) is 0.273. The molecule has 0 N–H and O–H groups in total. The highest BCUT2D eigenvalue weighted by atomic mass is 31.2. The van der Waals surface area contributed by atoms with Crippen molar-refractivity contribution < 1.29 is 31.9 Å². The summed E-state index contributed by atoms with van der Waals surface area (Å²) in [6.45, 7) is 6.64. The fourth-order valence-electron chi connectivity index (χ4n) is 4.65. The van der Waals surface area contributed by atoms with E-state index in [2.05, 4.69) is 4.98 Å². The van der Waals surface area contributed by atoms with Crippen LogP contribution in [0.3, 0.4) is 0 Å². The second-order valence-electron chi connectivity index (χ2n) is 10.0. The van der Waals surface area contributed by atoms with Crippen molar-refractivity contribution in [2.75, 3.05) is 32.3 Å². The zero-order valence-corrected chi connectivity index (χ0v) is 26.9. The van der Waals surface area contributed by atoms with Gasteiger partial charge in [0.25, 0.3) is 5.89 Å². The van der Waals surface area contributed by atoms with E-state index in [1.54, 1.807) is 50.1 Å². The molecule has 5 aromatic rings. The van der Waals surface area contributed by atoms with Crippen molar-refractivity contribution in [2.45, 2.75) is 33.9 Å². The van der Waals surface area contributed by atoms with Crippen LogP contribution in [-0.2, 0) is 26.8 Å². The number of methoxy groups -OCH3 is 1. The predicted molar refractivity (Wildman–Crippen MR) is 172 cm³/mol. The number of aromatic nitrogens is 3. The van der Waals surface area contributed by atoms with Crippen LogP contribution in [0.5, 0.6) is 11.5 Å². The first-order chi connectivity index (χ1) is 21.8. The van der Waals surface area contributed by atoms with E-state index in [9.17, 15) is 4.57 Å². The Kier molecular flexibility index (Phi) is 10.2. The van der Waals surface area contributed by atoms with E-state index in [4.69, 9.17) is 32.5 Å². The number of aryl methyl sites for hydroxylation is 1. The smallest absolute Gasteiger partial charge is 0.354 e. The van der Waals surface area contributed by atoms with Gasteiger partial charge in [0, 0.05) is 31.2 Å². The van der Waals surface area contributed by atoms with Gasteiger partial charge in [-0.3, -0.25) is 4.57 Å². The largest absolute Gasteiger partial charge is 0.493 e. The lowest BCUT2D eigenvalue weighted by molar-refractivity contribution is 0.229. The van der Waals surface area contributed by atoms with Crippen molar-refractivity contribution in [3.05, 3.63) is 102 Å². The van der Waals surface area contributed by atoms with Crippen molar-refractivity contribution in [1.29, 1.82) is 0 Å². The Morgan fingerprint density at radius 2 is 1.80 bits per heavy atom. The molecule has 12 heteroatoms. The molecule has 0 saturated carbocycles. The topological polar surface area (TPSA) is 114 Å². The molecule has 5 rings (SSSR count). The van der Waals surface area contributed by atoms with Crippen molar-refractivity contribution in [3.8, 4) is 28.8 Å². The lowest BCUT2D eigenvalue weighted by Crippen LogP contribution is -2.18. The molecule has 0 radical (unpaired) electrons. The monoisotopic (exact) mass is 632 g/mol. The van der Waals surface area contributed by atoms with Gasteiger partial charge in [0.2, 0.25) is 0 Å². The van der Waals surface area contributed by atoms with Crippen LogP contribution in [0.2, 0.25) is 0 Å². The Morgan fingerprint density at radius 3 is 2.49 bits per heavy atom. The zero-order chi connectivity index (χ0) is 31.8. The highest BCUT2D eigenvalue weighted by Gasteiger charge is 2.21. The van der Waals surface area contributed by atoms with Crippen LogP contribution in [-0.4, -0.2) is 42.1 Å². The average molecular weight is 633 g/mol. The predicted octanol–water partition coefficient (Wildman–Crippen LogP) is 7.89. The lowest BCUT2D eigenvalue weighted by atomic mass is 10.2. The van der Waals surface area contributed by atoms with E-state index in [-0.39, 0.29) is 19.8 Å². The van der Waals surface area contributed by atoms with Gasteiger partial charge >= 0.3 is 7.60 Å². The lowest BCUT2D eigenvalue weighted by Gasteiger charge is -2.19. The van der Waals surface area contributed by atoms with Crippen molar-refractivity contribution in [1.82, 2.24) is 14.8 Å². The third-order valence-electron chi connectivity index (χ3n) is 6.80. The van der Waals surface area contributed by atoms with Gasteiger partial charge < -0.3 is 32.3 Å². The molecular weight excluding hydrogens is 595 g/mol. The number of oxazole rings is 1. The van der Waals surface area contributed by atoms with Crippen LogP contribution < -0.4 is 14.4 Å². The molecule has 0 unspecified atom stereocenters. The van der Waals surface area contributed by atoms with Gasteiger partial charge in [-0.15, -0.1) is 5.10 Å². The molecule has 2 aromatic carbocycles. The van der Waals surface area contributed by atoms with Crippen molar-refractivity contribution in [2.24, 2.45) is 0 Å².